The second kappa shape index (κ2) is 50.5. The third-order valence-corrected chi connectivity index (χ3v) is 10.1. The van der Waals surface area contributed by atoms with E-state index in [0.29, 0.717) is 12.8 Å². The van der Waals surface area contributed by atoms with Crippen molar-refractivity contribution >= 4 is 17.9 Å². The number of rotatable bonds is 43. The first-order valence-electron chi connectivity index (χ1n) is 25.1. The van der Waals surface area contributed by atoms with Gasteiger partial charge in [-0.05, 0) is 96.3 Å². The van der Waals surface area contributed by atoms with Crippen LogP contribution >= 0.6 is 0 Å². The summed E-state index contributed by atoms with van der Waals surface area (Å²) in [6.07, 6.45) is 69.0. The van der Waals surface area contributed by atoms with Crippen LogP contribution in [0.15, 0.2) is 122 Å². The van der Waals surface area contributed by atoms with Crippen LogP contribution in [0.4, 0.5) is 0 Å². The minimum Gasteiger partial charge on any atom is -0.462 e. The molecule has 63 heavy (non-hydrogen) atoms. The first-order chi connectivity index (χ1) is 31.0. The molecule has 1 atom stereocenters. The van der Waals surface area contributed by atoms with E-state index in [1.807, 2.05) is 0 Å². The number of carbonyl (C=O) groups is 3. The zero-order valence-corrected chi connectivity index (χ0v) is 40.3. The number of carbonyl (C=O) groups excluding carboxylic acids is 3. The van der Waals surface area contributed by atoms with Crippen molar-refractivity contribution in [3.8, 4) is 0 Å². The fourth-order valence-electron chi connectivity index (χ4n) is 6.32. The third-order valence-electron chi connectivity index (χ3n) is 10.1. The van der Waals surface area contributed by atoms with E-state index in [-0.39, 0.29) is 37.5 Å². The summed E-state index contributed by atoms with van der Waals surface area (Å²) < 4.78 is 16.7. The summed E-state index contributed by atoms with van der Waals surface area (Å²) in [5.41, 5.74) is 0. The van der Waals surface area contributed by atoms with Crippen LogP contribution < -0.4 is 0 Å². The van der Waals surface area contributed by atoms with E-state index in [0.717, 1.165) is 122 Å². The first-order valence-corrected chi connectivity index (χ1v) is 25.1. The van der Waals surface area contributed by atoms with E-state index in [1.54, 1.807) is 0 Å². The molecule has 0 aromatic rings. The minimum atomic E-state index is -0.816. The molecule has 0 N–H and O–H groups in total. The lowest BCUT2D eigenvalue weighted by molar-refractivity contribution is -0.167. The van der Waals surface area contributed by atoms with Crippen LogP contribution in [0.5, 0.6) is 0 Å². The molecule has 1 unspecified atom stereocenters. The Morgan fingerprint density at radius 2 is 0.683 bits per heavy atom. The Morgan fingerprint density at radius 3 is 1.13 bits per heavy atom. The molecule has 0 rings (SSSR count). The maximum absolute atomic E-state index is 12.8. The highest BCUT2D eigenvalue weighted by Crippen LogP contribution is 2.12. The zero-order valence-electron chi connectivity index (χ0n) is 40.3. The van der Waals surface area contributed by atoms with Crippen LogP contribution in [0.25, 0.3) is 0 Å². The lowest BCUT2D eigenvalue weighted by Crippen LogP contribution is -2.30. The minimum absolute atomic E-state index is 0.114. The number of ether oxygens (including phenoxy) is 3. The van der Waals surface area contributed by atoms with E-state index >= 15 is 0 Å². The highest BCUT2D eigenvalue weighted by atomic mass is 16.6. The van der Waals surface area contributed by atoms with Crippen LogP contribution in [0.3, 0.4) is 0 Å². The number of unbranched alkanes of at least 4 members (excludes halogenated alkanes) is 18. The molecule has 6 nitrogen and oxygen atoms in total. The third kappa shape index (κ3) is 48.7. The van der Waals surface area contributed by atoms with Gasteiger partial charge < -0.3 is 14.2 Å². The van der Waals surface area contributed by atoms with E-state index < -0.39 is 6.10 Å². The van der Waals surface area contributed by atoms with Crippen molar-refractivity contribution in [2.75, 3.05) is 13.2 Å². The topological polar surface area (TPSA) is 78.9 Å². The van der Waals surface area contributed by atoms with Gasteiger partial charge in [-0.25, -0.2) is 0 Å². The maximum Gasteiger partial charge on any atom is 0.306 e. The van der Waals surface area contributed by atoms with E-state index in [2.05, 4.69) is 142 Å². The molecule has 6 heteroatoms. The Morgan fingerprint density at radius 1 is 0.349 bits per heavy atom. The Bertz CT molecular complexity index is 1370. The molecule has 0 bridgehead atoms. The van der Waals surface area contributed by atoms with Crippen molar-refractivity contribution in [2.24, 2.45) is 0 Å². The predicted octanol–water partition coefficient (Wildman–Crippen LogP) is 16.5. The van der Waals surface area contributed by atoms with Crippen molar-refractivity contribution in [1.29, 1.82) is 0 Å². The predicted molar refractivity (Wildman–Crippen MR) is 269 cm³/mol. The normalized spacial score (nSPS) is 13.1. The molecule has 0 saturated heterocycles. The lowest BCUT2D eigenvalue weighted by atomic mass is 10.1. The quantitative estimate of drug-likeness (QED) is 0.0200. The van der Waals surface area contributed by atoms with Crippen LogP contribution in [0.1, 0.15) is 201 Å². The summed E-state index contributed by atoms with van der Waals surface area (Å²) in [6, 6.07) is 0. The average Bonchev–Trinajstić information content (AvgIpc) is 3.28. The van der Waals surface area contributed by atoms with E-state index in [4.69, 9.17) is 14.2 Å². The summed E-state index contributed by atoms with van der Waals surface area (Å²) in [6.45, 7) is 6.34. The van der Waals surface area contributed by atoms with Crippen LogP contribution in [-0.2, 0) is 28.6 Å². The Balaban J connectivity index is 4.49. The number of hydrogen-bond acceptors (Lipinski definition) is 6. The number of hydrogen-bond donors (Lipinski definition) is 0. The van der Waals surface area contributed by atoms with E-state index in [1.165, 1.54) is 38.5 Å². The molecule has 0 fully saturated rings. The highest BCUT2D eigenvalue weighted by Gasteiger charge is 2.19. The van der Waals surface area contributed by atoms with Gasteiger partial charge in [0.05, 0.1) is 0 Å². The van der Waals surface area contributed by atoms with Crippen molar-refractivity contribution in [2.45, 2.75) is 207 Å². The molecule has 0 aromatic carbocycles. The zero-order chi connectivity index (χ0) is 45.8. The molecule has 0 radical (unpaired) electrons. The smallest absolute Gasteiger partial charge is 0.306 e. The monoisotopic (exact) mass is 871 g/mol. The molecule has 0 amide bonds. The molecular formula is C57H90O6. The van der Waals surface area contributed by atoms with Gasteiger partial charge in [0.25, 0.3) is 0 Å². The van der Waals surface area contributed by atoms with Gasteiger partial charge in [-0.1, -0.05) is 206 Å². The van der Waals surface area contributed by atoms with Gasteiger partial charge in [0.2, 0.25) is 0 Å². The SMILES string of the molecule is CC/C=C\C/C=C\CCCCC(=O)OCC(COC(=O)CCCCCCC\C=C/C=C\C=C/C=C\CCCCC)OC(=O)CCCCCCC\C=C/C=C\C=C/C=C\CCCCC. The maximum atomic E-state index is 12.8. The molecule has 0 heterocycles. The summed E-state index contributed by atoms with van der Waals surface area (Å²) >= 11 is 0. The van der Waals surface area contributed by atoms with E-state index in [9.17, 15) is 14.4 Å². The molecule has 0 aliphatic rings. The fourth-order valence-corrected chi connectivity index (χ4v) is 6.32. The number of allylic oxidation sites excluding steroid dienone is 20. The van der Waals surface area contributed by atoms with Crippen molar-refractivity contribution in [3.63, 3.8) is 0 Å². The molecule has 0 aliphatic carbocycles. The lowest BCUT2D eigenvalue weighted by Gasteiger charge is -2.18. The second-order valence-corrected chi connectivity index (χ2v) is 16.2. The Kier molecular flexibility index (Phi) is 47.1. The highest BCUT2D eigenvalue weighted by molar-refractivity contribution is 5.71. The second-order valence-electron chi connectivity index (χ2n) is 16.2. The van der Waals surface area contributed by atoms with Gasteiger partial charge >= 0.3 is 17.9 Å². The largest absolute Gasteiger partial charge is 0.462 e. The standard InChI is InChI=1S/C57H90O6/c1-4-7-10-13-16-19-21-23-25-27-29-31-33-35-38-41-44-47-50-56(59)62-53-54(52-61-55(58)49-46-43-40-37-18-15-12-9-6-3)63-57(60)51-48-45-42-39-36-34-32-30-28-26-24-22-20-17-14-11-8-5-2/h9,12,16-32,37,54H,4-8,10-11,13-15,33-36,38-53H2,1-3H3/b12-9-,19-16-,20-17-,23-21-,24-22-,27-25-,28-26-,31-29-,32-30-,37-18-. The fraction of sp³-hybridized carbons (Fsp3) is 0.596. The van der Waals surface area contributed by atoms with Crippen molar-refractivity contribution < 1.29 is 28.6 Å². The van der Waals surface area contributed by atoms with Gasteiger partial charge in [-0.15, -0.1) is 0 Å². The molecule has 0 spiro atoms. The molecule has 0 aromatic heterocycles. The Hall–Kier alpha value is -4.19. The number of esters is 3. The van der Waals surface area contributed by atoms with Gasteiger partial charge in [0.15, 0.2) is 6.10 Å². The van der Waals surface area contributed by atoms with Gasteiger partial charge in [-0.2, -0.15) is 0 Å². The van der Waals surface area contributed by atoms with Gasteiger partial charge in [0.1, 0.15) is 13.2 Å². The molecule has 0 saturated carbocycles. The molecular weight excluding hydrogens is 781 g/mol. The Labute approximate surface area is 386 Å². The van der Waals surface area contributed by atoms with Gasteiger partial charge in [0, 0.05) is 19.3 Å². The molecule has 0 aliphatic heterocycles. The van der Waals surface area contributed by atoms with Crippen LogP contribution in [-0.4, -0.2) is 37.2 Å². The van der Waals surface area contributed by atoms with Crippen molar-refractivity contribution in [1.82, 2.24) is 0 Å². The summed E-state index contributed by atoms with van der Waals surface area (Å²) in [5.74, 6) is -1.01. The van der Waals surface area contributed by atoms with Crippen LogP contribution in [0, 0.1) is 0 Å². The average molecular weight is 871 g/mol. The first kappa shape index (κ1) is 58.8. The van der Waals surface area contributed by atoms with Crippen molar-refractivity contribution in [3.05, 3.63) is 122 Å². The summed E-state index contributed by atoms with van der Waals surface area (Å²) in [5, 5.41) is 0. The molecule has 354 valence electrons. The van der Waals surface area contributed by atoms with Gasteiger partial charge in [-0.3, -0.25) is 14.4 Å². The summed E-state index contributed by atoms with van der Waals surface area (Å²) in [7, 11) is 0. The summed E-state index contributed by atoms with van der Waals surface area (Å²) in [4.78, 5) is 37.9. The van der Waals surface area contributed by atoms with Crippen LogP contribution in [0.2, 0.25) is 0 Å².